The number of imide groups is 1. The van der Waals surface area contributed by atoms with E-state index >= 15 is 0 Å². The summed E-state index contributed by atoms with van der Waals surface area (Å²) in [5.41, 5.74) is 3.68. The van der Waals surface area contributed by atoms with Crippen LogP contribution in [0.3, 0.4) is 0 Å². The van der Waals surface area contributed by atoms with Crippen LogP contribution in [0.25, 0.3) is 0 Å². The molecule has 0 saturated heterocycles. The Morgan fingerprint density at radius 3 is 2.05 bits per heavy atom. The number of halogens is 4. The average molecular weight is 618 g/mol. The van der Waals surface area contributed by atoms with E-state index in [0.29, 0.717) is 39.1 Å². The highest BCUT2D eigenvalue weighted by Crippen LogP contribution is 2.42. The lowest BCUT2D eigenvalue weighted by Crippen LogP contribution is -2.34. The van der Waals surface area contributed by atoms with E-state index in [1.807, 2.05) is 32.0 Å². The van der Waals surface area contributed by atoms with Gasteiger partial charge in [-0.15, -0.1) is 0 Å². The highest BCUT2D eigenvalue weighted by molar-refractivity contribution is 6.40. The molecule has 0 fully saturated rings. The molecule has 0 saturated carbocycles. The molecule has 4 rings (SSSR count). The summed E-state index contributed by atoms with van der Waals surface area (Å²) in [4.78, 5) is 25.1. The van der Waals surface area contributed by atoms with Gasteiger partial charge in [0.2, 0.25) is 0 Å². The van der Waals surface area contributed by atoms with Gasteiger partial charge in [0, 0.05) is 11.8 Å². The molecule has 4 aromatic carbocycles. The van der Waals surface area contributed by atoms with Gasteiger partial charge in [0.1, 0.15) is 23.0 Å². The summed E-state index contributed by atoms with van der Waals surface area (Å²) in [6.07, 6.45) is 0. The van der Waals surface area contributed by atoms with Crippen LogP contribution < -0.4 is 20.1 Å². The highest BCUT2D eigenvalue weighted by atomic mass is 35.5. The van der Waals surface area contributed by atoms with E-state index in [1.54, 1.807) is 44.2 Å². The molecule has 0 atom stereocenters. The molecule has 0 aliphatic rings. The topological polar surface area (TPSA) is 76.7 Å². The highest BCUT2D eigenvalue weighted by Gasteiger charge is 2.20. The van der Waals surface area contributed by atoms with E-state index in [-0.39, 0.29) is 20.6 Å². The molecule has 0 aromatic heterocycles. The summed E-state index contributed by atoms with van der Waals surface area (Å²) in [6.45, 7) is 7.47. The van der Waals surface area contributed by atoms with E-state index in [4.69, 9.17) is 55.9 Å². The van der Waals surface area contributed by atoms with Gasteiger partial charge in [0.25, 0.3) is 5.91 Å². The predicted octanol–water partition coefficient (Wildman–Crippen LogP) is 10.1. The Bertz CT molecular complexity index is 1620. The Morgan fingerprint density at radius 2 is 1.40 bits per heavy atom. The Labute approximate surface area is 252 Å². The minimum absolute atomic E-state index is 0.00189. The van der Waals surface area contributed by atoms with Gasteiger partial charge >= 0.3 is 6.03 Å². The zero-order chi connectivity index (χ0) is 29.1. The lowest BCUT2D eigenvalue weighted by atomic mass is 10.1. The van der Waals surface area contributed by atoms with Crippen molar-refractivity contribution in [2.75, 3.05) is 5.32 Å². The number of nitrogens with one attached hydrogen (secondary N) is 2. The number of benzene rings is 4. The van der Waals surface area contributed by atoms with E-state index in [9.17, 15) is 9.59 Å². The third-order valence-corrected chi connectivity index (χ3v) is 7.37. The van der Waals surface area contributed by atoms with Crippen LogP contribution in [0, 0.1) is 27.7 Å². The second-order valence-electron chi connectivity index (χ2n) is 9.08. The number of rotatable bonds is 6. The predicted molar refractivity (Wildman–Crippen MR) is 161 cm³/mol. The zero-order valence-corrected chi connectivity index (χ0v) is 24.9. The molecule has 6 nitrogen and oxygen atoms in total. The van der Waals surface area contributed by atoms with E-state index < -0.39 is 11.9 Å². The first-order valence-corrected chi connectivity index (χ1v) is 13.5. The van der Waals surface area contributed by atoms with Crippen LogP contribution >= 0.6 is 46.4 Å². The number of hydrogen-bond donors (Lipinski definition) is 2. The van der Waals surface area contributed by atoms with Crippen LogP contribution in [0.1, 0.15) is 32.6 Å². The van der Waals surface area contributed by atoms with E-state index in [2.05, 4.69) is 10.6 Å². The average Bonchev–Trinajstić information content (AvgIpc) is 2.87. The summed E-state index contributed by atoms with van der Waals surface area (Å²) >= 11 is 25.3. The molecule has 206 valence electrons. The summed E-state index contributed by atoms with van der Waals surface area (Å²) in [5, 5.41) is 5.69. The second kappa shape index (κ2) is 12.4. The lowest BCUT2D eigenvalue weighted by molar-refractivity contribution is 0.0967. The van der Waals surface area contributed by atoms with Crippen molar-refractivity contribution in [2.45, 2.75) is 27.7 Å². The summed E-state index contributed by atoms with van der Waals surface area (Å²) in [6, 6.07) is 16.5. The van der Waals surface area contributed by atoms with Gasteiger partial charge in [-0.05, 0) is 80.8 Å². The summed E-state index contributed by atoms with van der Waals surface area (Å²) < 4.78 is 12.1. The molecular weight excluding hydrogens is 594 g/mol. The van der Waals surface area contributed by atoms with Gasteiger partial charge in [-0.2, -0.15) is 0 Å². The first-order valence-electron chi connectivity index (χ1n) is 12.0. The van der Waals surface area contributed by atoms with Gasteiger partial charge in [0.15, 0.2) is 0 Å². The molecule has 0 radical (unpaired) electrons. The minimum Gasteiger partial charge on any atom is -0.457 e. The number of carbonyl (C=O) groups excluding carboxylic acids is 2. The molecule has 2 N–H and O–H groups in total. The minimum atomic E-state index is -0.782. The maximum atomic E-state index is 12.6. The maximum absolute atomic E-state index is 12.6. The Balaban J connectivity index is 1.49. The first kappa shape index (κ1) is 29.6. The molecule has 0 bridgehead atoms. The third-order valence-electron chi connectivity index (χ3n) is 5.99. The van der Waals surface area contributed by atoms with Crippen molar-refractivity contribution in [3.05, 3.63) is 109 Å². The summed E-state index contributed by atoms with van der Waals surface area (Å²) in [5.74, 6) is 1.29. The van der Waals surface area contributed by atoms with Crippen molar-refractivity contribution in [3.8, 4) is 23.0 Å². The molecular formula is C30H24Cl4N2O4. The van der Waals surface area contributed by atoms with E-state index in [1.165, 1.54) is 12.1 Å². The molecule has 0 aliphatic carbocycles. The fourth-order valence-corrected chi connectivity index (χ4v) is 4.99. The van der Waals surface area contributed by atoms with Gasteiger partial charge in [-0.1, -0.05) is 70.2 Å². The van der Waals surface area contributed by atoms with Crippen molar-refractivity contribution >= 4 is 64.0 Å². The molecule has 0 spiro atoms. The van der Waals surface area contributed by atoms with Crippen molar-refractivity contribution in [3.63, 3.8) is 0 Å². The summed E-state index contributed by atoms with van der Waals surface area (Å²) in [7, 11) is 0. The van der Waals surface area contributed by atoms with Crippen molar-refractivity contribution < 1.29 is 19.1 Å². The molecule has 0 heterocycles. The number of hydrogen-bond acceptors (Lipinski definition) is 4. The number of carbonyl (C=O) groups is 2. The molecule has 0 aliphatic heterocycles. The van der Waals surface area contributed by atoms with Gasteiger partial charge in [-0.3, -0.25) is 10.1 Å². The Morgan fingerprint density at radius 1 is 0.725 bits per heavy atom. The molecule has 40 heavy (non-hydrogen) atoms. The first-order chi connectivity index (χ1) is 18.9. The lowest BCUT2D eigenvalue weighted by Gasteiger charge is -2.18. The molecule has 0 unspecified atom stereocenters. The third kappa shape index (κ3) is 6.65. The monoisotopic (exact) mass is 616 g/mol. The quantitative estimate of drug-likeness (QED) is 0.226. The van der Waals surface area contributed by atoms with E-state index in [0.717, 1.165) is 16.9 Å². The normalized spacial score (nSPS) is 10.7. The van der Waals surface area contributed by atoms with Crippen LogP contribution in [0.5, 0.6) is 23.0 Å². The standard InChI is InChI=1S/C30H24Cl4N2O4/c1-15-8-10-24(16(2)12-15)39-19-9-11-25(22(33)14-19)40-28-17(3)13-23(18(4)27(28)34)35-30(38)36-29(37)26-20(31)6-5-7-21(26)32/h5-14H,1-4H3,(H2,35,36,37,38). The smallest absolute Gasteiger partial charge is 0.326 e. The fraction of sp³-hybridized carbons (Fsp3) is 0.133. The van der Waals surface area contributed by atoms with Crippen LogP contribution in [-0.4, -0.2) is 11.9 Å². The van der Waals surface area contributed by atoms with Gasteiger partial charge in [-0.25, -0.2) is 4.79 Å². The Kier molecular flexibility index (Phi) is 9.16. The Hall–Kier alpha value is -3.42. The number of amides is 3. The van der Waals surface area contributed by atoms with Crippen LogP contribution in [0.15, 0.2) is 60.7 Å². The van der Waals surface area contributed by atoms with Crippen molar-refractivity contribution in [2.24, 2.45) is 0 Å². The largest absolute Gasteiger partial charge is 0.457 e. The van der Waals surface area contributed by atoms with Gasteiger partial charge < -0.3 is 14.8 Å². The molecule has 10 heteroatoms. The van der Waals surface area contributed by atoms with Crippen molar-refractivity contribution in [1.29, 1.82) is 0 Å². The number of anilines is 1. The van der Waals surface area contributed by atoms with Crippen LogP contribution in [0.4, 0.5) is 10.5 Å². The van der Waals surface area contributed by atoms with Crippen molar-refractivity contribution in [1.82, 2.24) is 5.32 Å². The van der Waals surface area contributed by atoms with Crippen LogP contribution in [-0.2, 0) is 0 Å². The number of aryl methyl sites for hydroxylation is 3. The molecule has 3 amide bonds. The number of ether oxygens (including phenoxy) is 2. The van der Waals surface area contributed by atoms with Crippen LogP contribution in [0.2, 0.25) is 20.1 Å². The second-order valence-corrected chi connectivity index (χ2v) is 10.7. The maximum Gasteiger partial charge on any atom is 0.326 e. The van der Waals surface area contributed by atoms with Gasteiger partial charge in [0.05, 0.1) is 25.7 Å². The number of urea groups is 1. The zero-order valence-electron chi connectivity index (χ0n) is 21.9. The molecule has 4 aromatic rings. The fourth-order valence-electron chi connectivity index (χ4n) is 3.92. The SMILES string of the molecule is Cc1ccc(Oc2ccc(Oc3c(C)cc(NC(=O)NC(=O)c4c(Cl)cccc4Cl)c(C)c3Cl)c(Cl)c2)c(C)c1.